The summed E-state index contributed by atoms with van der Waals surface area (Å²) < 4.78 is 21.5. The fourth-order valence-corrected chi connectivity index (χ4v) is 5.80. The van der Waals surface area contributed by atoms with Gasteiger partial charge in [-0.1, -0.05) is 6.07 Å². The number of halogens is 1. The summed E-state index contributed by atoms with van der Waals surface area (Å²) in [5.74, 6) is 0.185. The van der Waals surface area contributed by atoms with Gasteiger partial charge in [0.2, 0.25) is 0 Å². The molecule has 3 aliphatic rings. The summed E-state index contributed by atoms with van der Waals surface area (Å²) in [7, 11) is 0. The highest BCUT2D eigenvalue weighted by molar-refractivity contribution is 5.86. The van der Waals surface area contributed by atoms with Crippen LogP contribution in [-0.2, 0) is 16.1 Å². The minimum atomic E-state index is -0.865. The Morgan fingerprint density at radius 1 is 1.12 bits per heavy atom. The highest BCUT2D eigenvalue weighted by atomic mass is 19.1. The molecule has 5 heterocycles. The molecule has 2 aliphatic heterocycles. The largest absolute Gasteiger partial charge is 0.459 e. The van der Waals surface area contributed by atoms with E-state index < -0.39 is 17.2 Å². The molecule has 43 heavy (non-hydrogen) atoms. The molecule has 10 heteroatoms. The number of esters is 1. The summed E-state index contributed by atoms with van der Waals surface area (Å²) in [6, 6.07) is 9.82. The first-order chi connectivity index (χ1) is 20.6. The number of carbonyl (C=O) groups excluding carboxylic acids is 1. The third kappa shape index (κ3) is 5.17. The predicted molar refractivity (Wildman–Crippen MR) is 162 cm³/mol. The van der Waals surface area contributed by atoms with E-state index in [9.17, 15) is 14.3 Å². The van der Waals surface area contributed by atoms with E-state index in [2.05, 4.69) is 20.6 Å². The van der Waals surface area contributed by atoms with Crippen LogP contribution >= 0.6 is 0 Å². The summed E-state index contributed by atoms with van der Waals surface area (Å²) in [6.07, 6.45) is 14.6. The molecule has 0 bridgehead atoms. The quantitative estimate of drug-likeness (QED) is 0.248. The van der Waals surface area contributed by atoms with Crippen molar-refractivity contribution in [2.24, 2.45) is 5.92 Å². The molecule has 220 valence electrons. The first-order valence-corrected chi connectivity index (χ1v) is 14.5. The Hall–Kier alpha value is -4.54. The molecule has 1 unspecified atom stereocenters. The Bertz CT molecular complexity index is 1770. The molecule has 9 nitrogen and oxygen atoms in total. The Labute approximate surface area is 248 Å². The van der Waals surface area contributed by atoms with E-state index >= 15 is 0 Å². The fourth-order valence-electron chi connectivity index (χ4n) is 5.80. The summed E-state index contributed by atoms with van der Waals surface area (Å²) >= 11 is 0. The molecule has 7 rings (SSSR count). The number of hydrogen-bond acceptors (Lipinski definition) is 8. The van der Waals surface area contributed by atoms with Crippen LogP contribution < -0.4 is 15.5 Å². The number of nitrogens with one attached hydrogen (secondary N) is 2. The Balaban J connectivity index is 1.21. The third-order valence-corrected chi connectivity index (χ3v) is 8.07. The molecule has 1 saturated carbocycles. The first kappa shape index (κ1) is 27.3. The van der Waals surface area contributed by atoms with Crippen molar-refractivity contribution in [3.05, 3.63) is 96.5 Å². The van der Waals surface area contributed by atoms with E-state index in [1.807, 2.05) is 78.9 Å². The lowest BCUT2D eigenvalue weighted by molar-refractivity contribution is -0.157. The summed E-state index contributed by atoms with van der Waals surface area (Å²) in [4.78, 5) is 24.3. The summed E-state index contributed by atoms with van der Waals surface area (Å²) in [5.41, 5.74) is 3.95. The van der Waals surface area contributed by atoms with Crippen LogP contribution in [0, 0.1) is 11.7 Å². The smallest absolute Gasteiger partial charge is 0.328 e. The maximum absolute atomic E-state index is 13.8. The minimum absolute atomic E-state index is 0.301. The monoisotopic (exact) mass is 580 g/mol. The molecule has 3 aromatic heterocycles. The van der Waals surface area contributed by atoms with Crippen LogP contribution in [0.2, 0.25) is 0 Å². The molecule has 0 saturated heterocycles. The van der Waals surface area contributed by atoms with E-state index in [1.165, 1.54) is 12.1 Å². The second kappa shape index (κ2) is 10.0. The van der Waals surface area contributed by atoms with Crippen LogP contribution in [0.5, 0.6) is 0 Å². The predicted octanol–water partition coefficient (Wildman–Crippen LogP) is 5.75. The van der Waals surface area contributed by atoms with Gasteiger partial charge in [-0.25, -0.2) is 19.2 Å². The van der Waals surface area contributed by atoms with Crippen molar-refractivity contribution in [3.63, 3.8) is 0 Å². The fraction of sp³-hybridized carbons (Fsp3) is 0.303. The number of imidazole rings is 1. The van der Waals surface area contributed by atoms with Crippen molar-refractivity contribution in [1.82, 2.24) is 19.7 Å². The van der Waals surface area contributed by atoms with E-state index in [1.54, 1.807) is 18.6 Å². The second-order valence-electron chi connectivity index (χ2n) is 12.3. The third-order valence-electron chi connectivity index (χ3n) is 8.07. The van der Waals surface area contributed by atoms with Gasteiger partial charge in [0.15, 0.2) is 0 Å². The number of fused-ring (bicyclic) bond motifs is 2. The van der Waals surface area contributed by atoms with Gasteiger partial charge >= 0.3 is 5.97 Å². The van der Waals surface area contributed by atoms with Crippen molar-refractivity contribution >= 4 is 28.8 Å². The van der Waals surface area contributed by atoms with Gasteiger partial charge in [0.25, 0.3) is 0 Å². The SMILES string of the molecule is CC(C)(C)OC(=O)C1NCc2c(-c3cnc4cc(F)ccn34)ccc(Nc3ccc(N4C=CC(O)(C5CC5)C=C4)cn3)c21. The number of carbonyl (C=O) groups is 1. The molecular weight excluding hydrogens is 547 g/mol. The van der Waals surface area contributed by atoms with E-state index in [-0.39, 0.29) is 11.8 Å². The van der Waals surface area contributed by atoms with Gasteiger partial charge in [-0.2, -0.15) is 0 Å². The highest BCUT2D eigenvalue weighted by Crippen LogP contribution is 2.43. The number of anilines is 3. The van der Waals surface area contributed by atoms with Crippen molar-refractivity contribution < 1.29 is 19.0 Å². The number of rotatable bonds is 6. The average Bonchev–Trinajstić information content (AvgIpc) is 3.62. The molecule has 0 radical (unpaired) electrons. The lowest BCUT2D eigenvalue weighted by atomic mass is 9.95. The molecular formula is C33H33FN6O3. The van der Waals surface area contributed by atoms with Crippen LogP contribution in [-0.4, -0.2) is 36.6 Å². The standard InChI is InChI=1S/C33H33FN6O3/c1-32(2,3)43-31(41)30-29-24(18-37-30)23(26-19-36-28-16-21(34)10-13-40(26)28)7-8-25(29)38-27-9-6-22(17-35-27)39-14-11-33(42,12-15-39)20-4-5-20/h6-17,19-20,30,37,42H,4-5,18H2,1-3H3,(H,35,38). The van der Waals surface area contributed by atoms with Gasteiger partial charge in [-0.3, -0.25) is 9.72 Å². The van der Waals surface area contributed by atoms with E-state index in [0.29, 0.717) is 23.9 Å². The van der Waals surface area contributed by atoms with E-state index in [0.717, 1.165) is 46.6 Å². The molecule has 1 fully saturated rings. The van der Waals surface area contributed by atoms with Crippen molar-refractivity contribution in [1.29, 1.82) is 0 Å². The van der Waals surface area contributed by atoms with Crippen molar-refractivity contribution in [2.45, 2.75) is 57.4 Å². The van der Waals surface area contributed by atoms with Crippen LogP contribution in [0.25, 0.3) is 16.9 Å². The summed E-state index contributed by atoms with van der Waals surface area (Å²) in [5, 5.41) is 17.5. The number of hydrogen-bond donors (Lipinski definition) is 3. The molecule has 1 atom stereocenters. The second-order valence-corrected chi connectivity index (χ2v) is 12.3. The highest BCUT2D eigenvalue weighted by Gasteiger charge is 2.41. The zero-order chi connectivity index (χ0) is 29.9. The van der Waals surface area contributed by atoms with Gasteiger partial charge in [-0.05, 0) is 81.5 Å². The van der Waals surface area contributed by atoms with Crippen molar-refractivity contribution in [2.75, 3.05) is 10.2 Å². The number of ether oxygens (including phenoxy) is 1. The topological polar surface area (TPSA) is 104 Å². The zero-order valence-corrected chi connectivity index (χ0v) is 24.2. The number of nitrogens with zero attached hydrogens (tertiary/aromatic N) is 4. The van der Waals surface area contributed by atoms with Crippen molar-refractivity contribution in [3.8, 4) is 11.3 Å². The molecule has 1 aromatic carbocycles. The number of pyridine rings is 2. The van der Waals surface area contributed by atoms with Gasteiger partial charge in [0, 0.05) is 48.0 Å². The maximum atomic E-state index is 13.8. The zero-order valence-electron chi connectivity index (χ0n) is 24.2. The lowest BCUT2D eigenvalue weighted by Crippen LogP contribution is -2.31. The van der Waals surface area contributed by atoms with Gasteiger partial charge in [-0.15, -0.1) is 0 Å². The maximum Gasteiger partial charge on any atom is 0.328 e. The average molecular weight is 581 g/mol. The Morgan fingerprint density at radius 3 is 2.60 bits per heavy atom. The molecule has 1 aliphatic carbocycles. The Kier molecular flexibility index (Phi) is 6.37. The molecule has 3 N–H and O–H groups in total. The van der Waals surface area contributed by atoms with Gasteiger partial charge < -0.3 is 20.1 Å². The molecule has 0 amide bonds. The number of aromatic nitrogens is 3. The van der Waals surface area contributed by atoms with Crippen LogP contribution in [0.1, 0.15) is 50.8 Å². The van der Waals surface area contributed by atoms with E-state index in [4.69, 9.17) is 4.74 Å². The Morgan fingerprint density at radius 2 is 1.91 bits per heavy atom. The van der Waals surface area contributed by atoms with Crippen LogP contribution in [0.4, 0.5) is 21.6 Å². The summed E-state index contributed by atoms with van der Waals surface area (Å²) in [6.45, 7) is 5.97. The number of aliphatic hydroxyl groups is 1. The minimum Gasteiger partial charge on any atom is -0.459 e. The van der Waals surface area contributed by atoms with Gasteiger partial charge in [0.1, 0.15) is 34.5 Å². The molecule has 0 spiro atoms. The van der Waals surface area contributed by atoms with Gasteiger partial charge in [0.05, 0.1) is 23.8 Å². The van der Waals surface area contributed by atoms with Crippen LogP contribution in [0.3, 0.4) is 0 Å². The normalized spacial score (nSPS) is 19.1. The lowest BCUT2D eigenvalue weighted by Gasteiger charge is -2.28. The van der Waals surface area contributed by atoms with Crippen LogP contribution in [0.15, 0.2) is 79.5 Å². The molecule has 4 aromatic rings. The first-order valence-electron chi connectivity index (χ1n) is 14.5. The number of benzene rings is 1.